The average Bonchev–Trinajstić information content (AvgIpc) is 3.16. The number of hydrogen-bond acceptors (Lipinski definition) is 4. The van der Waals surface area contributed by atoms with Crippen LogP contribution in [0, 0.1) is 6.92 Å². The van der Waals surface area contributed by atoms with Gasteiger partial charge >= 0.3 is 0 Å². The van der Waals surface area contributed by atoms with Gasteiger partial charge in [0, 0.05) is 23.5 Å². The molecule has 2 aliphatic rings. The van der Waals surface area contributed by atoms with Crippen molar-refractivity contribution in [2.45, 2.75) is 51.1 Å². The molecule has 0 spiro atoms. The number of thiophene rings is 1. The van der Waals surface area contributed by atoms with Gasteiger partial charge in [-0.15, -0.1) is 11.3 Å². The van der Waals surface area contributed by atoms with Crippen LogP contribution in [-0.4, -0.2) is 43.3 Å². The molecule has 1 aromatic rings. The Morgan fingerprint density at radius 1 is 1.33 bits per heavy atom. The van der Waals surface area contributed by atoms with Crippen molar-refractivity contribution in [3.63, 3.8) is 0 Å². The van der Waals surface area contributed by atoms with Crippen molar-refractivity contribution in [1.82, 2.24) is 10.2 Å². The summed E-state index contributed by atoms with van der Waals surface area (Å²) in [6.07, 6.45) is 5.36. The number of aryl methyl sites for hydroxylation is 1. The molecule has 3 rings (SSSR count). The lowest BCUT2D eigenvalue weighted by Gasteiger charge is -2.48. The first kappa shape index (κ1) is 15.5. The normalized spacial score (nSPS) is 24.3. The van der Waals surface area contributed by atoms with Crippen molar-refractivity contribution >= 4 is 11.3 Å². The summed E-state index contributed by atoms with van der Waals surface area (Å²) in [6.45, 7) is 9.44. The van der Waals surface area contributed by atoms with Gasteiger partial charge in [-0.1, -0.05) is 19.8 Å². The van der Waals surface area contributed by atoms with Gasteiger partial charge in [0.05, 0.1) is 19.3 Å². The van der Waals surface area contributed by atoms with Gasteiger partial charge in [-0.3, -0.25) is 4.90 Å². The molecule has 1 saturated carbocycles. The molecule has 0 aromatic carbocycles. The predicted molar refractivity (Wildman–Crippen MR) is 89.1 cm³/mol. The molecular formula is C17H28N2OS. The van der Waals surface area contributed by atoms with Crippen LogP contribution in [0.1, 0.15) is 49.1 Å². The lowest BCUT2D eigenvalue weighted by atomic mass is 9.82. The third kappa shape index (κ3) is 3.04. The quantitative estimate of drug-likeness (QED) is 0.903. The zero-order valence-electron chi connectivity index (χ0n) is 13.4. The first-order valence-corrected chi connectivity index (χ1v) is 9.25. The predicted octanol–water partition coefficient (Wildman–Crippen LogP) is 3.35. The van der Waals surface area contributed by atoms with Gasteiger partial charge in [-0.2, -0.15) is 0 Å². The molecule has 21 heavy (non-hydrogen) atoms. The largest absolute Gasteiger partial charge is 0.379 e. The highest BCUT2D eigenvalue weighted by atomic mass is 32.1. The van der Waals surface area contributed by atoms with Crippen molar-refractivity contribution in [3.8, 4) is 0 Å². The first-order chi connectivity index (χ1) is 10.3. The van der Waals surface area contributed by atoms with E-state index in [0.717, 1.165) is 32.8 Å². The summed E-state index contributed by atoms with van der Waals surface area (Å²) >= 11 is 1.88. The van der Waals surface area contributed by atoms with E-state index >= 15 is 0 Å². The van der Waals surface area contributed by atoms with E-state index in [4.69, 9.17) is 4.74 Å². The zero-order chi connectivity index (χ0) is 14.7. The number of likely N-dealkylation sites (N-methyl/N-ethyl adjacent to an activating group) is 1. The van der Waals surface area contributed by atoms with Gasteiger partial charge in [0.25, 0.3) is 0 Å². The number of hydrogen-bond donors (Lipinski definition) is 1. The molecule has 1 aliphatic heterocycles. The lowest BCUT2D eigenvalue weighted by molar-refractivity contribution is -0.0361. The number of ether oxygens (including phenoxy) is 1. The maximum atomic E-state index is 5.59. The second kappa shape index (κ2) is 6.78. The zero-order valence-corrected chi connectivity index (χ0v) is 14.2. The molecule has 3 nitrogen and oxygen atoms in total. The summed E-state index contributed by atoms with van der Waals surface area (Å²) in [5.41, 5.74) is 1.79. The minimum absolute atomic E-state index is 0.299. The van der Waals surface area contributed by atoms with E-state index in [1.807, 2.05) is 11.3 Å². The van der Waals surface area contributed by atoms with Crippen molar-refractivity contribution in [2.24, 2.45) is 0 Å². The minimum Gasteiger partial charge on any atom is -0.379 e. The monoisotopic (exact) mass is 308 g/mol. The van der Waals surface area contributed by atoms with Crippen LogP contribution in [0.25, 0.3) is 0 Å². The molecule has 0 bridgehead atoms. The van der Waals surface area contributed by atoms with E-state index < -0.39 is 0 Å². The van der Waals surface area contributed by atoms with Gasteiger partial charge in [0.15, 0.2) is 0 Å². The standard InChI is InChI=1S/C17H28N2OS/c1-3-18-16(15-12-14(2)21-13-15)17(6-4-5-7-17)19-8-10-20-11-9-19/h12-13,16,18H,3-11H2,1-2H3. The van der Waals surface area contributed by atoms with Gasteiger partial charge in [-0.25, -0.2) is 0 Å². The molecule has 2 fully saturated rings. The molecule has 1 atom stereocenters. The summed E-state index contributed by atoms with van der Waals surface area (Å²) in [6, 6.07) is 2.85. The third-order valence-electron chi connectivity index (χ3n) is 5.14. The highest BCUT2D eigenvalue weighted by Gasteiger charge is 2.46. The molecule has 4 heteroatoms. The number of nitrogens with one attached hydrogen (secondary N) is 1. The number of nitrogens with zero attached hydrogens (tertiary/aromatic N) is 1. The molecule has 118 valence electrons. The fourth-order valence-corrected chi connectivity index (χ4v) is 4.95. The number of rotatable bonds is 5. The van der Waals surface area contributed by atoms with Crippen molar-refractivity contribution in [3.05, 3.63) is 21.9 Å². The Labute approximate surface area is 132 Å². The molecule has 1 N–H and O–H groups in total. The van der Waals surface area contributed by atoms with Gasteiger partial charge < -0.3 is 10.1 Å². The molecular weight excluding hydrogens is 280 g/mol. The molecule has 1 aromatic heterocycles. The van der Waals surface area contributed by atoms with Crippen LogP contribution >= 0.6 is 11.3 Å². The molecule has 0 radical (unpaired) electrons. The number of morpholine rings is 1. The Morgan fingerprint density at radius 3 is 2.62 bits per heavy atom. The summed E-state index contributed by atoms with van der Waals surface area (Å²) < 4.78 is 5.59. The van der Waals surface area contributed by atoms with E-state index in [-0.39, 0.29) is 0 Å². The van der Waals surface area contributed by atoms with E-state index in [1.54, 1.807) is 0 Å². The van der Waals surface area contributed by atoms with Crippen LogP contribution in [0.4, 0.5) is 0 Å². The van der Waals surface area contributed by atoms with E-state index in [9.17, 15) is 0 Å². The lowest BCUT2D eigenvalue weighted by Crippen LogP contribution is -2.58. The van der Waals surface area contributed by atoms with Crippen molar-refractivity contribution in [2.75, 3.05) is 32.8 Å². The van der Waals surface area contributed by atoms with E-state index in [1.165, 1.54) is 36.1 Å². The van der Waals surface area contributed by atoms with Crippen LogP contribution in [0.2, 0.25) is 0 Å². The van der Waals surface area contributed by atoms with Crippen molar-refractivity contribution in [1.29, 1.82) is 0 Å². The fourth-order valence-electron chi connectivity index (χ4n) is 4.22. The topological polar surface area (TPSA) is 24.5 Å². The molecule has 1 aliphatic carbocycles. The van der Waals surface area contributed by atoms with Gasteiger partial charge in [0.2, 0.25) is 0 Å². The van der Waals surface area contributed by atoms with Gasteiger partial charge in [0.1, 0.15) is 0 Å². The summed E-state index contributed by atoms with van der Waals surface area (Å²) in [5, 5.41) is 6.18. The summed E-state index contributed by atoms with van der Waals surface area (Å²) in [7, 11) is 0. The maximum Gasteiger partial charge on any atom is 0.0594 e. The average molecular weight is 308 g/mol. The molecule has 1 saturated heterocycles. The second-order valence-corrected chi connectivity index (χ2v) is 7.51. The SMILES string of the molecule is CCNC(c1csc(C)c1)C1(N2CCOCC2)CCCC1. The Hall–Kier alpha value is -0.420. The van der Waals surface area contributed by atoms with Crippen LogP contribution in [0.3, 0.4) is 0 Å². The molecule has 0 amide bonds. The molecule has 2 heterocycles. The minimum atomic E-state index is 0.299. The molecule has 1 unspecified atom stereocenters. The summed E-state index contributed by atoms with van der Waals surface area (Å²) in [4.78, 5) is 4.15. The van der Waals surface area contributed by atoms with Crippen molar-refractivity contribution < 1.29 is 4.74 Å². The van der Waals surface area contributed by atoms with E-state index in [2.05, 4.69) is 35.5 Å². The van der Waals surface area contributed by atoms with Crippen LogP contribution in [0.15, 0.2) is 11.4 Å². The van der Waals surface area contributed by atoms with Crippen LogP contribution in [-0.2, 0) is 4.74 Å². The Morgan fingerprint density at radius 2 is 2.05 bits per heavy atom. The van der Waals surface area contributed by atoms with E-state index in [0.29, 0.717) is 11.6 Å². The Bertz CT molecular complexity index is 447. The third-order valence-corrected chi connectivity index (χ3v) is 6.02. The highest BCUT2D eigenvalue weighted by Crippen LogP contribution is 2.45. The summed E-state index contributed by atoms with van der Waals surface area (Å²) in [5.74, 6) is 0. The second-order valence-electron chi connectivity index (χ2n) is 6.39. The first-order valence-electron chi connectivity index (χ1n) is 8.37. The smallest absolute Gasteiger partial charge is 0.0594 e. The highest BCUT2D eigenvalue weighted by molar-refractivity contribution is 7.10. The van der Waals surface area contributed by atoms with Crippen LogP contribution in [0.5, 0.6) is 0 Å². The Kier molecular flexibility index (Phi) is 4.99. The maximum absolute atomic E-state index is 5.59. The Balaban J connectivity index is 1.92. The van der Waals surface area contributed by atoms with Gasteiger partial charge in [-0.05, 0) is 43.3 Å². The fraction of sp³-hybridized carbons (Fsp3) is 0.765. The van der Waals surface area contributed by atoms with Crippen LogP contribution < -0.4 is 5.32 Å².